The number of hydrogen-bond acceptors (Lipinski definition) is 7. The Hall–Kier alpha value is -1.09. The molecule has 2 heterocycles. The molecule has 2 atom stereocenters. The third kappa shape index (κ3) is 1.73. The van der Waals surface area contributed by atoms with Crippen molar-refractivity contribution in [2.45, 2.75) is 12.1 Å². The molecule has 0 saturated carbocycles. The van der Waals surface area contributed by atoms with Gasteiger partial charge in [-0.25, -0.2) is 10.9 Å². The van der Waals surface area contributed by atoms with Gasteiger partial charge in [-0.3, -0.25) is 0 Å². The molecule has 78 valence electrons. The first-order chi connectivity index (χ1) is 6.81. The minimum atomic E-state index is 0.0474. The lowest BCUT2D eigenvalue weighted by Crippen LogP contribution is -2.41. The molecule has 2 rings (SSSR count). The number of tetrazole rings is 1. The zero-order valence-electron chi connectivity index (χ0n) is 8.15. The SMILES string of the molecule is CNC(c1nnn(C)n1)C1CNNN1. The van der Waals surface area contributed by atoms with Crippen LogP contribution in [0.3, 0.4) is 0 Å². The minimum absolute atomic E-state index is 0.0474. The molecule has 1 aromatic heterocycles. The highest BCUT2D eigenvalue weighted by Gasteiger charge is 2.27. The van der Waals surface area contributed by atoms with Gasteiger partial charge in [0.15, 0.2) is 5.82 Å². The molecule has 1 saturated heterocycles. The number of likely N-dealkylation sites (N-methyl/N-ethyl adjacent to an activating group) is 1. The maximum Gasteiger partial charge on any atom is 0.193 e. The minimum Gasteiger partial charge on any atom is -0.309 e. The molecule has 1 aromatic rings. The third-order valence-corrected chi connectivity index (χ3v) is 2.18. The van der Waals surface area contributed by atoms with Crippen LogP contribution in [0.15, 0.2) is 0 Å². The van der Waals surface area contributed by atoms with E-state index >= 15 is 0 Å². The predicted octanol–water partition coefficient (Wildman–Crippen LogP) is -2.55. The molecule has 14 heavy (non-hydrogen) atoms. The summed E-state index contributed by atoms with van der Waals surface area (Å²) in [7, 11) is 3.63. The summed E-state index contributed by atoms with van der Waals surface area (Å²) in [5.74, 6) is 0.693. The number of rotatable bonds is 3. The van der Waals surface area contributed by atoms with E-state index in [0.29, 0.717) is 5.82 Å². The number of hydrogen-bond donors (Lipinski definition) is 4. The molecule has 0 bridgehead atoms. The van der Waals surface area contributed by atoms with Gasteiger partial charge in [0, 0.05) is 6.54 Å². The molecule has 2 unspecified atom stereocenters. The molecule has 1 fully saturated rings. The number of nitrogens with zero attached hydrogens (tertiary/aromatic N) is 4. The largest absolute Gasteiger partial charge is 0.309 e. The van der Waals surface area contributed by atoms with E-state index in [1.807, 2.05) is 7.05 Å². The van der Waals surface area contributed by atoms with Gasteiger partial charge in [-0.05, 0) is 12.3 Å². The van der Waals surface area contributed by atoms with E-state index < -0.39 is 0 Å². The summed E-state index contributed by atoms with van der Waals surface area (Å²) >= 11 is 0. The summed E-state index contributed by atoms with van der Waals surface area (Å²) in [6.45, 7) is 0.809. The summed E-state index contributed by atoms with van der Waals surface area (Å²) in [6.07, 6.45) is 0. The Morgan fingerprint density at radius 2 is 2.50 bits per heavy atom. The van der Waals surface area contributed by atoms with Crippen LogP contribution in [0.25, 0.3) is 0 Å². The highest BCUT2D eigenvalue weighted by Crippen LogP contribution is 2.11. The fraction of sp³-hybridized carbons (Fsp3) is 0.833. The summed E-state index contributed by atoms with van der Waals surface area (Å²) in [5, 5.41) is 15.1. The van der Waals surface area contributed by atoms with Crippen molar-refractivity contribution in [1.29, 1.82) is 0 Å². The first-order valence-electron chi connectivity index (χ1n) is 4.46. The molecule has 8 nitrogen and oxygen atoms in total. The average molecular weight is 198 g/mol. The van der Waals surface area contributed by atoms with Crippen LogP contribution in [-0.4, -0.2) is 39.8 Å². The molecule has 1 aliphatic heterocycles. The Bertz CT molecular complexity index is 290. The summed E-state index contributed by atoms with van der Waals surface area (Å²) in [6, 6.07) is 0.260. The van der Waals surface area contributed by atoms with Gasteiger partial charge in [0.25, 0.3) is 0 Å². The van der Waals surface area contributed by atoms with E-state index in [0.717, 1.165) is 6.54 Å². The molecule has 8 heteroatoms. The number of aryl methyl sites for hydroxylation is 1. The van der Waals surface area contributed by atoms with Crippen LogP contribution < -0.4 is 21.7 Å². The van der Waals surface area contributed by atoms with Crippen molar-refractivity contribution in [3.05, 3.63) is 5.82 Å². The molecular weight excluding hydrogens is 184 g/mol. The second kappa shape index (κ2) is 3.96. The summed E-state index contributed by atoms with van der Waals surface area (Å²) in [4.78, 5) is 1.45. The van der Waals surface area contributed by atoms with Gasteiger partial charge in [-0.15, -0.1) is 10.2 Å². The Labute approximate surface area is 81.4 Å². The second-order valence-electron chi connectivity index (χ2n) is 3.16. The van der Waals surface area contributed by atoms with Crippen LogP contribution in [0.4, 0.5) is 0 Å². The molecule has 0 radical (unpaired) electrons. The van der Waals surface area contributed by atoms with Gasteiger partial charge in [-0.1, -0.05) is 0 Å². The van der Waals surface area contributed by atoms with Crippen LogP contribution in [0, 0.1) is 0 Å². The number of nitrogens with one attached hydrogen (secondary N) is 4. The zero-order chi connectivity index (χ0) is 9.97. The Balaban J connectivity index is 2.12. The van der Waals surface area contributed by atoms with Crippen molar-refractivity contribution >= 4 is 0 Å². The highest BCUT2D eigenvalue weighted by atomic mass is 15.6. The summed E-state index contributed by atoms with van der Waals surface area (Å²) < 4.78 is 0. The van der Waals surface area contributed by atoms with E-state index in [-0.39, 0.29) is 12.1 Å². The fourth-order valence-electron chi connectivity index (χ4n) is 1.49. The highest BCUT2D eigenvalue weighted by molar-refractivity contribution is 4.97. The number of hydrazine groups is 2. The van der Waals surface area contributed by atoms with Gasteiger partial charge in [-0.2, -0.15) is 10.3 Å². The van der Waals surface area contributed by atoms with Crippen molar-refractivity contribution in [3.63, 3.8) is 0 Å². The van der Waals surface area contributed by atoms with Crippen LogP contribution in [-0.2, 0) is 7.05 Å². The standard InChI is InChI=1S/C6H14N8/c1-7-5(4-3-8-12-9-4)6-10-13-14(2)11-6/h4-5,7-9,12H,3H2,1-2H3. The van der Waals surface area contributed by atoms with Crippen LogP contribution in [0.2, 0.25) is 0 Å². The monoisotopic (exact) mass is 198 g/mol. The van der Waals surface area contributed by atoms with Crippen molar-refractivity contribution in [2.75, 3.05) is 13.6 Å². The van der Waals surface area contributed by atoms with E-state index in [9.17, 15) is 0 Å². The molecule has 4 N–H and O–H groups in total. The average Bonchev–Trinajstić information content (AvgIpc) is 2.79. The second-order valence-corrected chi connectivity index (χ2v) is 3.16. The maximum absolute atomic E-state index is 4.16. The molecule has 0 aliphatic carbocycles. The van der Waals surface area contributed by atoms with Crippen LogP contribution >= 0.6 is 0 Å². The lowest BCUT2D eigenvalue weighted by Gasteiger charge is -2.17. The molecular formula is C6H14N8. The number of aromatic nitrogens is 4. The zero-order valence-corrected chi connectivity index (χ0v) is 8.15. The van der Waals surface area contributed by atoms with Gasteiger partial charge in [0.1, 0.15) is 0 Å². The molecule has 0 aromatic carbocycles. The Morgan fingerprint density at radius 1 is 1.64 bits per heavy atom. The normalized spacial score (nSPS) is 24.0. The lowest BCUT2D eigenvalue weighted by molar-refractivity contribution is 0.416. The van der Waals surface area contributed by atoms with Crippen molar-refractivity contribution in [3.8, 4) is 0 Å². The van der Waals surface area contributed by atoms with Crippen LogP contribution in [0.1, 0.15) is 11.9 Å². The topological polar surface area (TPSA) is 91.7 Å². The van der Waals surface area contributed by atoms with Gasteiger partial charge in [0.2, 0.25) is 0 Å². The summed E-state index contributed by atoms with van der Waals surface area (Å²) in [5.41, 5.74) is 8.90. The van der Waals surface area contributed by atoms with Gasteiger partial charge in [0.05, 0.1) is 19.1 Å². The predicted molar refractivity (Wildman–Crippen MR) is 48.7 cm³/mol. The molecule has 0 amide bonds. The third-order valence-electron chi connectivity index (χ3n) is 2.18. The lowest BCUT2D eigenvalue weighted by atomic mass is 10.1. The van der Waals surface area contributed by atoms with Crippen molar-refractivity contribution in [1.82, 2.24) is 41.9 Å². The Kier molecular flexibility index (Phi) is 2.68. The van der Waals surface area contributed by atoms with Gasteiger partial charge >= 0.3 is 0 Å². The smallest absolute Gasteiger partial charge is 0.193 e. The fourth-order valence-corrected chi connectivity index (χ4v) is 1.49. The molecule has 0 spiro atoms. The quantitative estimate of drug-likeness (QED) is 0.425. The van der Waals surface area contributed by atoms with E-state index in [1.165, 1.54) is 4.80 Å². The van der Waals surface area contributed by atoms with Crippen LogP contribution in [0.5, 0.6) is 0 Å². The van der Waals surface area contributed by atoms with Crippen molar-refractivity contribution in [2.24, 2.45) is 7.05 Å². The Morgan fingerprint density at radius 3 is 3.00 bits per heavy atom. The molecule has 1 aliphatic rings. The van der Waals surface area contributed by atoms with Gasteiger partial charge < -0.3 is 5.32 Å². The first kappa shape index (κ1) is 9.46. The van der Waals surface area contributed by atoms with E-state index in [2.05, 4.69) is 37.1 Å². The van der Waals surface area contributed by atoms with Crippen molar-refractivity contribution < 1.29 is 0 Å². The van der Waals surface area contributed by atoms with E-state index in [1.54, 1.807) is 7.05 Å². The maximum atomic E-state index is 4.16. The first-order valence-corrected chi connectivity index (χ1v) is 4.46. The van der Waals surface area contributed by atoms with E-state index in [4.69, 9.17) is 0 Å².